The van der Waals surface area contributed by atoms with E-state index in [0.29, 0.717) is 11.3 Å². The zero-order chi connectivity index (χ0) is 13.3. The van der Waals surface area contributed by atoms with Gasteiger partial charge in [-0.05, 0) is 43.4 Å². The molecule has 0 amide bonds. The van der Waals surface area contributed by atoms with Crippen molar-refractivity contribution >= 4 is 11.7 Å². The first-order valence-electron chi connectivity index (χ1n) is 6.11. The van der Waals surface area contributed by atoms with Gasteiger partial charge in [0.1, 0.15) is 5.82 Å². The monoisotopic (exact) mass is 251 g/mol. The van der Waals surface area contributed by atoms with Crippen molar-refractivity contribution in [2.45, 2.75) is 32.7 Å². The molecule has 1 saturated carbocycles. The summed E-state index contributed by atoms with van der Waals surface area (Å²) in [4.78, 5) is 11.4. The predicted octanol–water partition coefficient (Wildman–Crippen LogP) is 3.21. The average molecular weight is 251 g/mol. The maximum atomic E-state index is 13.7. The molecule has 0 aliphatic heterocycles. The molecule has 1 fully saturated rings. The lowest BCUT2D eigenvalue weighted by Crippen LogP contribution is -2.25. The zero-order valence-electron chi connectivity index (χ0n) is 10.9. The summed E-state index contributed by atoms with van der Waals surface area (Å²) >= 11 is 0. The minimum Gasteiger partial charge on any atom is -0.465 e. The molecule has 1 unspecified atom stereocenters. The summed E-state index contributed by atoms with van der Waals surface area (Å²) in [6.07, 6.45) is 2.30. The molecule has 0 aromatic heterocycles. The van der Waals surface area contributed by atoms with E-state index in [-0.39, 0.29) is 17.3 Å². The zero-order valence-corrected chi connectivity index (χ0v) is 10.9. The fraction of sp³-hybridized carbons (Fsp3) is 0.500. The average Bonchev–Trinajstić information content (AvgIpc) is 3.10. The van der Waals surface area contributed by atoms with Crippen LogP contribution in [0.3, 0.4) is 0 Å². The smallest absolute Gasteiger partial charge is 0.337 e. The van der Waals surface area contributed by atoms with Crippen molar-refractivity contribution in [2.75, 3.05) is 12.4 Å². The van der Waals surface area contributed by atoms with Gasteiger partial charge < -0.3 is 10.1 Å². The standard InChI is InChI=1S/C14H18FNO2/c1-9(14(2)6-7-14)16-12-8-10(13(17)18-3)4-5-11(12)15/h4-5,8-9,16H,6-7H2,1-3H3. The van der Waals surface area contributed by atoms with Gasteiger partial charge in [0.05, 0.1) is 18.4 Å². The van der Waals surface area contributed by atoms with Crippen LogP contribution >= 0.6 is 0 Å². The number of hydrogen-bond donors (Lipinski definition) is 1. The van der Waals surface area contributed by atoms with E-state index in [0.717, 1.165) is 12.8 Å². The summed E-state index contributed by atoms with van der Waals surface area (Å²) in [7, 11) is 1.31. The van der Waals surface area contributed by atoms with Crippen molar-refractivity contribution in [3.8, 4) is 0 Å². The fourth-order valence-corrected chi connectivity index (χ4v) is 1.92. The number of esters is 1. The molecule has 1 aromatic carbocycles. The highest BCUT2D eigenvalue weighted by atomic mass is 19.1. The summed E-state index contributed by atoms with van der Waals surface area (Å²) < 4.78 is 18.3. The molecule has 98 valence electrons. The van der Waals surface area contributed by atoms with Crippen molar-refractivity contribution in [3.63, 3.8) is 0 Å². The maximum absolute atomic E-state index is 13.7. The van der Waals surface area contributed by atoms with Crippen molar-refractivity contribution in [1.29, 1.82) is 0 Å². The topological polar surface area (TPSA) is 38.3 Å². The first kappa shape index (κ1) is 12.9. The van der Waals surface area contributed by atoms with Gasteiger partial charge in [0.25, 0.3) is 0 Å². The normalized spacial score (nSPS) is 18.0. The second-order valence-corrected chi connectivity index (χ2v) is 5.21. The number of anilines is 1. The number of rotatable bonds is 4. The highest BCUT2D eigenvalue weighted by Crippen LogP contribution is 2.48. The van der Waals surface area contributed by atoms with Gasteiger partial charge in [0, 0.05) is 6.04 Å². The fourth-order valence-electron chi connectivity index (χ4n) is 1.92. The second-order valence-electron chi connectivity index (χ2n) is 5.21. The highest BCUT2D eigenvalue weighted by Gasteiger charge is 2.42. The van der Waals surface area contributed by atoms with Crippen LogP contribution in [0.5, 0.6) is 0 Å². The van der Waals surface area contributed by atoms with E-state index in [2.05, 4.69) is 17.0 Å². The third-order valence-electron chi connectivity index (χ3n) is 3.84. The van der Waals surface area contributed by atoms with Crippen LogP contribution in [0.15, 0.2) is 18.2 Å². The number of nitrogens with one attached hydrogen (secondary N) is 1. The molecule has 4 heteroatoms. The molecule has 0 bridgehead atoms. The van der Waals surface area contributed by atoms with Gasteiger partial charge in [-0.2, -0.15) is 0 Å². The molecule has 1 aromatic rings. The minimum atomic E-state index is -0.455. The van der Waals surface area contributed by atoms with Crippen molar-refractivity contribution in [1.82, 2.24) is 0 Å². The Morgan fingerprint density at radius 2 is 2.17 bits per heavy atom. The van der Waals surface area contributed by atoms with E-state index in [1.807, 2.05) is 6.92 Å². The Morgan fingerprint density at radius 1 is 1.50 bits per heavy atom. The number of methoxy groups -OCH3 is 1. The molecule has 0 spiro atoms. The molecule has 2 rings (SSSR count). The Labute approximate surface area is 106 Å². The third kappa shape index (κ3) is 2.47. The molecular weight excluding hydrogens is 233 g/mol. The SMILES string of the molecule is COC(=O)c1ccc(F)c(NC(C)C2(C)CC2)c1. The van der Waals surface area contributed by atoms with E-state index in [9.17, 15) is 9.18 Å². The van der Waals surface area contributed by atoms with Crippen LogP contribution in [0.4, 0.5) is 10.1 Å². The van der Waals surface area contributed by atoms with Gasteiger partial charge in [-0.25, -0.2) is 9.18 Å². The lowest BCUT2D eigenvalue weighted by atomic mass is 10.0. The molecule has 3 nitrogen and oxygen atoms in total. The highest BCUT2D eigenvalue weighted by molar-refractivity contribution is 5.90. The molecule has 0 heterocycles. The van der Waals surface area contributed by atoms with E-state index >= 15 is 0 Å². The van der Waals surface area contributed by atoms with Crippen molar-refractivity contribution in [3.05, 3.63) is 29.6 Å². The van der Waals surface area contributed by atoms with Gasteiger partial charge in [0.15, 0.2) is 0 Å². The molecule has 1 aliphatic carbocycles. The summed E-state index contributed by atoms with van der Waals surface area (Å²) in [5.74, 6) is -0.804. The van der Waals surface area contributed by atoms with Gasteiger partial charge in [0.2, 0.25) is 0 Å². The maximum Gasteiger partial charge on any atom is 0.337 e. The van der Waals surface area contributed by atoms with Crippen molar-refractivity contribution < 1.29 is 13.9 Å². The van der Waals surface area contributed by atoms with Crippen LogP contribution in [0, 0.1) is 11.2 Å². The van der Waals surface area contributed by atoms with Crippen LogP contribution in [0.25, 0.3) is 0 Å². The number of ether oxygens (including phenoxy) is 1. The van der Waals surface area contributed by atoms with Crippen LogP contribution in [-0.4, -0.2) is 19.1 Å². The molecular formula is C14H18FNO2. The molecule has 1 atom stereocenters. The molecule has 1 N–H and O–H groups in total. The van der Waals surface area contributed by atoms with Crippen LogP contribution in [0.1, 0.15) is 37.0 Å². The van der Waals surface area contributed by atoms with Gasteiger partial charge in [-0.1, -0.05) is 6.92 Å². The number of hydrogen-bond acceptors (Lipinski definition) is 3. The molecule has 0 saturated heterocycles. The van der Waals surface area contributed by atoms with Gasteiger partial charge in [-0.15, -0.1) is 0 Å². The Balaban J connectivity index is 2.18. The lowest BCUT2D eigenvalue weighted by Gasteiger charge is -2.22. The number of halogens is 1. The Morgan fingerprint density at radius 3 is 2.72 bits per heavy atom. The van der Waals surface area contributed by atoms with Crippen molar-refractivity contribution in [2.24, 2.45) is 5.41 Å². The Hall–Kier alpha value is -1.58. The number of carbonyl (C=O) groups excluding carboxylic acids is 1. The summed E-state index contributed by atoms with van der Waals surface area (Å²) in [6.45, 7) is 4.21. The first-order chi connectivity index (χ1) is 8.46. The summed E-state index contributed by atoms with van der Waals surface area (Å²) in [5, 5.41) is 3.15. The van der Waals surface area contributed by atoms with E-state index in [1.165, 1.54) is 25.3 Å². The largest absolute Gasteiger partial charge is 0.465 e. The van der Waals surface area contributed by atoms with E-state index in [1.54, 1.807) is 0 Å². The van der Waals surface area contributed by atoms with Crippen LogP contribution < -0.4 is 5.32 Å². The van der Waals surface area contributed by atoms with E-state index in [4.69, 9.17) is 0 Å². The van der Waals surface area contributed by atoms with Crippen LogP contribution in [0.2, 0.25) is 0 Å². The quantitative estimate of drug-likeness (QED) is 0.835. The van der Waals surface area contributed by atoms with Gasteiger partial charge in [-0.3, -0.25) is 0 Å². The van der Waals surface area contributed by atoms with E-state index < -0.39 is 5.97 Å². The minimum absolute atomic E-state index is 0.180. The van der Waals surface area contributed by atoms with Gasteiger partial charge >= 0.3 is 5.97 Å². The molecule has 18 heavy (non-hydrogen) atoms. The summed E-state index contributed by atoms with van der Waals surface area (Å²) in [6, 6.07) is 4.40. The van der Waals surface area contributed by atoms with Crippen LogP contribution in [-0.2, 0) is 4.74 Å². The summed E-state index contributed by atoms with van der Waals surface area (Å²) in [5.41, 5.74) is 0.960. The first-order valence-corrected chi connectivity index (χ1v) is 6.11. The number of benzene rings is 1. The molecule has 1 aliphatic rings. The molecule has 0 radical (unpaired) electrons. The Bertz CT molecular complexity index is 469. The third-order valence-corrected chi connectivity index (χ3v) is 3.84. The second kappa shape index (κ2) is 4.59. The Kier molecular flexibility index (Phi) is 3.28. The lowest BCUT2D eigenvalue weighted by molar-refractivity contribution is 0.0600. The predicted molar refractivity (Wildman–Crippen MR) is 68.2 cm³/mol. The number of carbonyl (C=O) groups is 1.